The number of ether oxygens (including phenoxy) is 2. The fourth-order valence-corrected chi connectivity index (χ4v) is 3.18. The lowest BCUT2D eigenvalue weighted by atomic mass is 10.2. The van der Waals surface area contributed by atoms with Gasteiger partial charge in [-0.3, -0.25) is 9.78 Å². The molecule has 1 heterocycles. The molecule has 1 aromatic heterocycles. The van der Waals surface area contributed by atoms with Gasteiger partial charge in [-0.15, -0.1) is 0 Å². The minimum atomic E-state index is -0.338. The van der Waals surface area contributed by atoms with Gasteiger partial charge in [-0.2, -0.15) is 5.10 Å². The SMILES string of the molecule is CCOc1cc(/C=N\NC(=O)c2cccnc2)c(Br)cc1OCc1ccc(Br)cc1. The van der Waals surface area contributed by atoms with Gasteiger partial charge in [-0.25, -0.2) is 5.43 Å². The van der Waals surface area contributed by atoms with Gasteiger partial charge in [0.2, 0.25) is 0 Å². The standard InChI is InChI=1S/C22H19Br2N3O3/c1-2-29-20-10-17(13-26-27-22(28)16-4-3-9-25-12-16)19(24)11-21(20)30-14-15-5-7-18(23)8-6-15/h3-13H,2,14H2,1H3,(H,27,28)/b26-13-. The summed E-state index contributed by atoms with van der Waals surface area (Å²) in [7, 11) is 0. The van der Waals surface area contributed by atoms with Crippen molar-refractivity contribution in [3.05, 3.63) is 86.6 Å². The highest BCUT2D eigenvalue weighted by atomic mass is 79.9. The first-order valence-electron chi connectivity index (χ1n) is 9.14. The second-order valence-electron chi connectivity index (χ2n) is 6.11. The zero-order valence-corrected chi connectivity index (χ0v) is 19.3. The lowest BCUT2D eigenvalue weighted by molar-refractivity contribution is 0.0955. The molecule has 1 N–H and O–H groups in total. The number of carbonyl (C=O) groups is 1. The molecule has 0 saturated carbocycles. The molecule has 0 unspecified atom stereocenters. The van der Waals surface area contributed by atoms with E-state index in [-0.39, 0.29) is 5.91 Å². The molecule has 0 spiro atoms. The number of pyridine rings is 1. The first kappa shape index (κ1) is 22.0. The molecule has 0 fully saturated rings. The van der Waals surface area contributed by atoms with Crippen LogP contribution >= 0.6 is 31.9 Å². The molecule has 8 heteroatoms. The van der Waals surface area contributed by atoms with Gasteiger partial charge in [0, 0.05) is 26.9 Å². The van der Waals surface area contributed by atoms with Crippen LogP contribution in [0.25, 0.3) is 0 Å². The summed E-state index contributed by atoms with van der Waals surface area (Å²) in [6.07, 6.45) is 4.62. The second kappa shape index (κ2) is 10.9. The number of nitrogens with one attached hydrogen (secondary N) is 1. The van der Waals surface area contributed by atoms with Gasteiger partial charge in [0.15, 0.2) is 11.5 Å². The Morgan fingerprint density at radius 2 is 1.90 bits per heavy atom. The van der Waals surface area contributed by atoms with Gasteiger partial charge < -0.3 is 9.47 Å². The molecule has 3 aromatic rings. The molecule has 30 heavy (non-hydrogen) atoms. The number of benzene rings is 2. The first-order chi connectivity index (χ1) is 14.6. The van der Waals surface area contributed by atoms with Crippen LogP contribution < -0.4 is 14.9 Å². The Labute approximate surface area is 191 Å². The molecule has 3 rings (SSSR count). The van der Waals surface area contributed by atoms with Crippen LogP contribution in [0.4, 0.5) is 0 Å². The van der Waals surface area contributed by atoms with Gasteiger partial charge in [0.25, 0.3) is 5.91 Å². The molecule has 0 aliphatic rings. The topological polar surface area (TPSA) is 72.8 Å². The summed E-state index contributed by atoms with van der Waals surface area (Å²) in [4.78, 5) is 16.0. The van der Waals surface area contributed by atoms with Gasteiger partial charge in [0.05, 0.1) is 18.4 Å². The molecule has 0 saturated heterocycles. The minimum absolute atomic E-state index is 0.338. The highest BCUT2D eigenvalue weighted by molar-refractivity contribution is 9.10. The van der Waals surface area contributed by atoms with Crippen molar-refractivity contribution in [3.8, 4) is 11.5 Å². The summed E-state index contributed by atoms with van der Waals surface area (Å²) < 4.78 is 13.5. The number of nitrogens with zero attached hydrogens (tertiary/aromatic N) is 2. The predicted molar refractivity (Wildman–Crippen MR) is 123 cm³/mol. The van der Waals surface area contributed by atoms with Crippen LogP contribution in [0.2, 0.25) is 0 Å². The van der Waals surface area contributed by atoms with Gasteiger partial charge in [-0.05, 0) is 64.8 Å². The average molecular weight is 533 g/mol. The first-order valence-corrected chi connectivity index (χ1v) is 10.7. The monoisotopic (exact) mass is 531 g/mol. The Bertz CT molecular complexity index is 1030. The van der Waals surface area contributed by atoms with Crippen LogP contribution in [0.3, 0.4) is 0 Å². The van der Waals surface area contributed by atoms with E-state index in [0.29, 0.717) is 30.3 Å². The minimum Gasteiger partial charge on any atom is -0.490 e. The Morgan fingerprint density at radius 3 is 2.60 bits per heavy atom. The normalized spacial score (nSPS) is 10.8. The number of halogens is 2. The van der Waals surface area contributed by atoms with Crippen LogP contribution in [-0.4, -0.2) is 23.7 Å². The molecule has 0 aliphatic carbocycles. The molecular formula is C22H19Br2N3O3. The number of hydrogen-bond donors (Lipinski definition) is 1. The highest BCUT2D eigenvalue weighted by Crippen LogP contribution is 2.34. The Morgan fingerprint density at radius 1 is 1.13 bits per heavy atom. The van der Waals surface area contributed by atoms with Crippen molar-refractivity contribution >= 4 is 44.0 Å². The summed E-state index contributed by atoms with van der Waals surface area (Å²) >= 11 is 6.95. The number of rotatable bonds is 8. The maximum absolute atomic E-state index is 12.1. The van der Waals surface area contributed by atoms with Crippen LogP contribution in [-0.2, 0) is 6.61 Å². The fourth-order valence-electron chi connectivity index (χ4n) is 2.49. The molecule has 6 nitrogen and oxygen atoms in total. The number of carbonyl (C=O) groups excluding carboxylic acids is 1. The van der Waals surface area contributed by atoms with E-state index in [1.807, 2.05) is 43.3 Å². The molecule has 2 aromatic carbocycles. The van der Waals surface area contributed by atoms with Crippen molar-refractivity contribution < 1.29 is 14.3 Å². The van der Waals surface area contributed by atoms with Crippen molar-refractivity contribution in [2.75, 3.05) is 6.61 Å². The van der Waals surface area contributed by atoms with Crippen molar-refractivity contribution in [1.29, 1.82) is 0 Å². The Hall–Kier alpha value is -2.71. The largest absolute Gasteiger partial charge is 0.490 e. The lowest BCUT2D eigenvalue weighted by Gasteiger charge is -2.14. The average Bonchev–Trinajstić information content (AvgIpc) is 2.76. The van der Waals surface area contributed by atoms with Crippen molar-refractivity contribution in [3.63, 3.8) is 0 Å². The fraction of sp³-hybridized carbons (Fsp3) is 0.136. The van der Waals surface area contributed by atoms with E-state index in [1.165, 1.54) is 6.20 Å². The van der Waals surface area contributed by atoms with E-state index < -0.39 is 0 Å². The van der Waals surface area contributed by atoms with Gasteiger partial charge in [0.1, 0.15) is 6.61 Å². The van der Waals surface area contributed by atoms with Crippen molar-refractivity contribution in [2.24, 2.45) is 5.10 Å². The molecule has 0 atom stereocenters. The number of aromatic nitrogens is 1. The molecule has 0 aliphatic heterocycles. The van der Waals surface area contributed by atoms with Crippen LogP contribution in [0.5, 0.6) is 11.5 Å². The molecule has 154 valence electrons. The van der Waals surface area contributed by atoms with Crippen LogP contribution in [0, 0.1) is 0 Å². The smallest absolute Gasteiger partial charge is 0.272 e. The molecule has 0 radical (unpaired) electrons. The van der Waals surface area contributed by atoms with Crippen molar-refractivity contribution in [2.45, 2.75) is 13.5 Å². The summed E-state index contributed by atoms with van der Waals surface area (Å²) in [5, 5.41) is 4.03. The van der Waals surface area contributed by atoms with Crippen molar-refractivity contribution in [1.82, 2.24) is 10.4 Å². The predicted octanol–water partition coefficient (Wildman–Crippen LogP) is 5.35. The number of hydrogen-bond acceptors (Lipinski definition) is 5. The van der Waals surface area contributed by atoms with Crippen LogP contribution in [0.15, 0.2) is 75.0 Å². The lowest BCUT2D eigenvalue weighted by Crippen LogP contribution is -2.17. The van der Waals surface area contributed by atoms with E-state index in [2.05, 4.69) is 47.4 Å². The molecular weight excluding hydrogens is 514 g/mol. The highest BCUT2D eigenvalue weighted by Gasteiger charge is 2.11. The van der Waals surface area contributed by atoms with Crippen LogP contribution in [0.1, 0.15) is 28.4 Å². The quantitative estimate of drug-likeness (QED) is 0.313. The molecule has 0 bridgehead atoms. The van der Waals surface area contributed by atoms with E-state index in [4.69, 9.17) is 9.47 Å². The summed E-state index contributed by atoms with van der Waals surface area (Å²) in [6, 6.07) is 14.9. The Balaban J connectivity index is 1.71. The second-order valence-corrected chi connectivity index (χ2v) is 7.88. The summed E-state index contributed by atoms with van der Waals surface area (Å²) in [6.45, 7) is 2.81. The zero-order valence-electron chi connectivity index (χ0n) is 16.1. The third-order valence-electron chi connectivity index (χ3n) is 3.96. The van der Waals surface area contributed by atoms with E-state index in [1.54, 1.807) is 24.5 Å². The Kier molecular flexibility index (Phi) is 7.98. The number of hydrazone groups is 1. The maximum Gasteiger partial charge on any atom is 0.272 e. The van der Waals surface area contributed by atoms with Gasteiger partial charge in [-0.1, -0.05) is 28.1 Å². The number of amides is 1. The third-order valence-corrected chi connectivity index (χ3v) is 5.18. The third kappa shape index (κ3) is 6.14. The van der Waals surface area contributed by atoms with E-state index in [9.17, 15) is 4.79 Å². The maximum atomic E-state index is 12.1. The summed E-state index contributed by atoms with van der Waals surface area (Å²) in [5.41, 5.74) is 4.70. The molecule has 1 amide bonds. The van der Waals surface area contributed by atoms with Gasteiger partial charge >= 0.3 is 0 Å². The summed E-state index contributed by atoms with van der Waals surface area (Å²) in [5.74, 6) is 0.871. The van der Waals surface area contributed by atoms with E-state index >= 15 is 0 Å². The van der Waals surface area contributed by atoms with E-state index in [0.717, 1.165) is 20.1 Å². The zero-order chi connectivity index (χ0) is 21.3.